The molecule has 1 aliphatic heterocycles. The van der Waals surface area contributed by atoms with Gasteiger partial charge in [0.2, 0.25) is 0 Å². The van der Waals surface area contributed by atoms with Crippen LogP contribution < -0.4 is 11.2 Å². The fourth-order valence-electron chi connectivity index (χ4n) is 2.50. The molecule has 0 unspecified atom stereocenters. The minimum absolute atomic E-state index is 0.0164. The van der Waals surface area contributed by atoms with Gasteiger partial charge in [-0.1, -0.05) is 0 Å². The van der Waals surface area contributed by atoms with Crippen LogP contribution >= 0.6 is 0 Å². The lowest BCUT2D eigenvalue weighted by atomic mass is 10.1. The van der Waals surface area contributed by atoms with Gasteiger partial charge in [0.15, 0.2) is 18.4 Å². The second-order valence-electron chi connectivity index (χ2n) is 5.30. The van der Waals surface area contributed by atoms with Crippen LogP contribution in [0.25, 0.3) is 0 Å². The van der Waals surface area contributed by atoms with Crippen molar-refractivity contribution in [3.8, 4) is 0 Å². The maximum absolute atomic E-state index is 12.1. The lowest BCUT2D eigenvalue weighted by molar-refractivity contribution is -0.0665. The predicted octanol–water partition coefficient (Wildman–Crippen LogP) is -0.490. The number of carbonyl (C=O) groups excluding carboxylic acids is 2. The molecule has 1 aliphatic rings. The summed E-state index contributed by atoms with van der Waals surface area (Å²) in [5.41, 5.74) is -1.49. The largest absolute Gasteiger partial charge is 0.508 e. The van der Waals surface area contributed by atoms with Crippen LogP contribution in [0.3, 0.4) is 0 Å². The molecule has 0 amide bonds. The molecule has 12 nitrogen and oxygen atoms in total. The van der Waals surface area contributed by atoms with E-state index >= 15 is 0 Å². The zero-order chi connectivity index (χ0) is 20.0. The quantitative estimate of drug-likeness (QED) is 0.610. The van der Waals surface area contributed by atoms with E-state index in [2.05, 4.69) is 0 Å². The summed E-state index contributed by atoms with van der Waals surface area (Å²) < 4.78 is 26.1. The van der Waals surface area contributed by atoms with E-state index in [1.54, 1.807) is 13.8 Å². The molecule has 27 heavy (non-hydrogen) atoms. The topological polar surface area (TPSA) is 155 Å². The molecule has 1 aromatic heterocycles. The number of nitrogens with zero attached hydrogens (tertiary/aromatic N) is 1. The summed E-state index contributed by atoms with van der Waals surface area (Å²) in [7, 11) is 0. The van der Waals surface area contributed by atoms with Crippen LogP contribution in [0.1, 0.15) is 20.1 Å². The van der Waals surface area contributed by atoms with Crippen molar-refractivity contribution in [2.75, 3.05) is 19.8 Å². The summed E-state index contributed by atoms with van der Waals surface area (Å²) in [6.45, 7) is 2.55. The molecule has 2 rings (SSSR count). The number of nitrogens with one attached hydrogen (secondary N) is 1. The van der Waals surface area contributed by atoms with Crippen molar-refractivity contribution in [1.82, 2.24) is 9.55 Å². The first-order valence-electron chi connectivity index (χ1n) is 8.15. The number of rotatable bonds is 6. The van der Waals surface area contributed by atoms with Gasteiger partial charge in [0.25, 0.3) is 5.56 Å². The van der Waals surface area contributed by atoms with Crippen molar-refractivity contribution in [3.63, 3.8) is 0 Å². The first-order valence-corrected chi connectivity index (χ1v) is 8.15. The monoisotopic (exact) mass is 388 g/mol. The molecular weight excluding hydrogens is 368 g/mol. The van der Waals surface area contributed by atoms with Crippen LogP contribution in [0.2, 0.25) is 0 Å². The molecule has 0 aliphatic carbocycles. The highest BCUT2D eigenvalue weighted by Crippen LogP contribution is 2.33. The molecule has 1 aromatic rings. The summed E-state index contributed by atoms with van der Waals surface area (Å²) in [4.78, 5) is 48.9. The first kappa shape index (κ1) is 20.5. The average molecular weight is 388 g/mol. The van der Waals surface area contributed by atoms with E-state index in [0.29, 0.717) is 0 Å². The zero-order valence-corrected chi connectivity index (χ0v) is 14.7. The van der Waals surface area contributed by atoms with Gasteiger partial charge >= 0.3 is 18.0 Å². The maximum atomic E-state index is 12.1. The van der Waals surface area contributed by atoms with E-state index in [1.807, 2.05) is 4.98 Å². The highest BCUT2D eigenvalue weighted by Gasteiger charge is 2.51. The minimum Gasteiger partial charge on any atom is -0.435 e. The highest BCUT2D eigenvalue weighted by atomic mass is 16.8. The van der Waals surface area contributed by atoms with Crippen LogP contribution in [0, 0.1) is 0 Å². The van der Waals surface area contributed by atoms with Gasteiger partial charge in [0.1, 0.15) is 6.10 Å². The lowest BCUT2D eigenvalue weighted by Gasteiger charge is -2.23. The summed E-state index contributed by atoms with van der Waals surface area (Å²) in [6, 6.07) is 1.06. The summed E-state index contributed by atoms with van der Waals surface area (Å²) >= 11 is 0. The van der Waals surface area contributed by atoms with Crippen LogP contribution in [-0.2, 0) is 23.7 Å². The van der Waals surface area contributed by atoms with Crippen LogP contribution in [0.4, 0.5) is 9.59 Å². The molecule has 0 bridgehead atoms. The Kier molecular flexibility index (Phi) is 6.96. The Morgan fingerprint density at radius 3 is 2.26 bits per heavy atom. The zero-order valence-electron chi connectivity index (χ0n) is 14.7. The standard InChI is InChI=1S/C15H20N2O10/c1-3-23-14(21)26-10-8(7-18)25-12(11(10)27-15(22)24-4-2)17-6-5-9(19)16-13(17)20/h5-6,8,10-12,18H,3-4,7H2,1-2H3,(H,16,19,20)/t8-,10-,11-,12-/m1/s1. The third-order valence-corrected chi connectivity index (χ3v) is 3.58. The van der Waals surface area contributed by atoms with Gasteiger partial charge in [0.05, 0.1) is 19.8 Å². The SMILES string of the molecule is CCOC(=O)O[C@@H]1[C@H](OC(=O)OCC)[C@@H](CO)O[C@H]1n1ccc(=O)[nH]c1=O. The van der Waals surface area contributed by atoms with Crippen molar-refractivity contribution in [2.24, 2.45) is 0 Å². The fourth-order valence-corrected chi connectivity index (χ4v) is 2.50. The van der Waals surface area contributed by atoms with Crippen molar-refractivity contribution in [3.05, 3.63) is 33.1 Å². The van der Waals surface area contributed by atoms with Gasteiger partial charge in [-0.25, -0.2) is 14.4 Å². The highest BCUT2D eigenvalue weighted by molar-refractivity contribution is 5.61. The number of aromatic nitrogens is 2. The van der Waals surface area contributed by atoms with E-state index in [4.69, 9.17) is 23.7 Å². The molecule has 1 fully saturated rings. The molecule has 0 saturated carbocycles. The Bertz CT molecular complexity index is 772. The Balaban J connectivity index is 2.37. The average Bonchev–Trinajstić information content (AvgIpc) is 2.92. The van der Waals surface area contributed by atoms with Crippen molar-refractivity contribution < 1.29 is 38.4 Å². The Labute approximate surface area is 152 Å². The first-order chi connectivity index (χ1) is 12.9. The van der Waals surface area contributed by atoms with Gasteiger partial charge in [0, 0.05) is 12.3 Å². The van der Waals surface area contributed by atoms with Crippen molar-refractivity contribution >= 4 is 12.3 Å². The third-order valence-electron chi connectivity index (χ3n) is 3.58. The summed E-state index contributed by atoms with van der Waals surface area (Å²) in [5.74, 6) is 0. The second kappa shape index (κ2) is 9.19. The molecule has 0 aromatic carbocycles. The van der Waals surface area contributed by atoms with E-state index < -0.39 is 54.7 Å². The van der Waals surface area contributed by atoms with E-state index in [-0.39, 0.29) is 13.2 Å². The molecule has 4 atom stereocenters. The van der Waals surface area contributed by atoms with Crippen molar-refractivity contribution in [1.29, 1.82) is 0 Å². The summed E-state index contributed by atoms with van der Waals surface area (Å²) in [5, 5.41) is 9.54. The number of hydrogen-bond acceptors (Lipinski definition) is 10. The molecule has 1 saturated heterocycles. The number of aliphatic hydroxyl groups is 1. The van der Waals surface area contributed by atoms with Gasteiger partial charge in [-0.15, -0.1) is 0 Å². The predicted molar refractivity (Wildman–Crippen MR) is 86.1 cm³/mol. The van der Waals surface area contributed by atoms with Gasteiger partial charge in [-0.3, -0.25) is 14.3 Å². The molecule has 0 radical (unpaired) electrons. The number of H-pyrrole nitrogens is 1. The molecule has 2 heterocycles. The molecule has 12 heteroatoms. The molecule has 2 N–H and O–H groups in total. The normalized spacial score (nSPS) is 24.3. The smallest absolute Gasteiger partial charge is 0.435 e. The Morgan fingerprint density at radius 2 is 1.74 bits per heavy atom. The third kappa shape index (κ3) is 4.86. The van der Waals surface area contributed by atoms with Crippen LogP contribution in [-0.4, -0.2) is 65.1 Å². The van der Waals surface area contributed by atoms with E-state index in [0.717, 1.165) is 16.8 Å². The van der Waals surface area contributed by atoms with Gasteiger partial charge in [-0.05, 0) is 13.8 Å². The number of aliphatic hydroxyl groups excluding tert-OH is 1. The maximum Gasteiger partial charge on any atom is 0.508 e. The number of carbonyl (C=O) groups is 2. The molecule has 150 valence electrons. The second-order valence-corrected chi connectivity index (χ2v) is 5.30. The van der Waals surface area contributed by atoms with E-state index in [1.165, 1.54) is 0 Å². The van der Waals surface area contributed by atoms with Gasteiger partial charge in [-0.2, -0.15) is 0 Å². The fraction of sp³-hybridized carbons (Fsp3) is 0.600. The van der Waals surface area contributed by atoms with Gasteiger partial charge < -0.3 is 28.8 Å². The Morgan fingerprint density at radius 1 is 1.15 bits per heavy atom. The van der Waals surface area contributed by atoms with E-state index in [9.17, 15) is 24.3 Å². The number of aromatic amines is 1. The molecular formula is C15H20N2O10. The summed E-state index contributed by atoms with van der Waals surface area (Å²) in [6.07, 6.45) is -6.11. The Hall–Kier alpha value is -2.86. The molecule has 0 spiro atoms. The minimum atomic E-state index is -1.35. The van der Waals surface area contributed by atoms with Crippen molar-refractivity contribution in [2.45, 2.75) is 38.4 Å². The van der Waals surface area contributed by atoms with Crippen LogP contribution in [0.15, 0.2) is 21.9 Å². The number of hydrogen-bond donors (Lipinski definition) is 2. The number of ether oxygens (including phenoxy) is 5. The van der Waals surface area contributed by atoms with Crippen LogP contribution in [0.5, 0.6) is 0 Å². The lowest BCUT2D eigenvalue weighted by Crippen LogP contribution is -2.42.